The van der Waals surface area contributed by atoms with Gasteiger partial charge in [0.05, 0.1) is 6.61 Å². The van der Waals surface area contributed by atoms with Crippen molar-refractivity contribution in [2.75, 3.05) is 26.3 Å². The van der Waals surface area contributed by atoms with Gasteiger partial charge in [0.1, 0.15) is 0 Å². The molecular weight excluding hydrogens is 358 g/mol. The standard InChI is InChI=1S/C17H30BrNO2Si/c1-4-5-13-22(2,3)21-12-10-19(9-11-20)15-16-7-6-8-17(18)14-16/h6-8,14,20H,4-5,9-13,15H2,1-3H3. The Hall–Kier alpha value is -0.203. The SMILES string of the molecule is CCCC[Si](C)(C)OCCN(CCO)Cc1cccc(Br)c1. The maximum Gasteiger partial charge on any atom is 0.186 e. The van der Waals surface area contributed by atoms with Gasteiger partial charge in [-0.25, -0.2) is 0 Å². The summed E-state index contributed by atoms with van der Waals surface area (Å²) in [4.78, 5) is 2.26. The molecule has 0 radical (unpaired) electrons. The summed E-state index contributed by atoms with van der Waals surface area (Å²) in [5.74, 6) is 0. The summed E-state index contributed by atoms with van der Waals surface area (Å²) in [6.07, 6.45) is 2.50. The summed E-state index contributed by atoms with van der Waals surface area (Å²) in [5, 5.41) is 9.26. The Morgan fingerprint density at radius 2 is 2.05 bits per heavy atom. The van der Waals surface area contributed by atoms with E-state index in [0.717, 1.165) is 24.2 Å². The molecule has 0 heterocycles. The van der Waals surface area contributed by atoms with Gasteiger partial charge < -0.3 is 9.53 Å². The minimum Gasteiger partial charge on any atom is -0.416 e. The lowest BCUT2D eigenvalue weighted by Gasteiger charge is -2.26. The van der Waals surface area contributed by atoms with Gasteiger partial charge in [0.2, 0.25) is 0 Å². The Morgan fingerprint density at radius 1 is 1.27 bits per heavy atom. The van der Waals surface area contributed by atoms with Crippen LogP contribution in [-0.2, 0) is 11.0 Å². The van der Waals surface area contributed by atoms with Crippen LogP contribution in [0.1, 0.15) is 25.3 Å². The Morgan fingerprint density at radius 3 is 2.68 bits per heavy atom. The lowest BCUT2D eigenvalue weighted by molar-refractivity contribution is 0.160. The van der Waals surface area contributed by atoms with Crippen LogP contribution < -0.4 is 0 Å². The molecule has 0 saturated carbocycles. The molecule has 0 saturated heterocycles. The van der Waals surface area contributed by atoms with E-state index in [1.807, 2.05) is 12.1 Å². The molecule has 3 nitrogen and oxygen atoms in total. The molecule has 0 aliphatic carbocycles. The molecule has 1 aromatic carbocycles. The Balaban J connectivity index is 2.44. The lowest BCUT2D eigenvalue weighted by Crippen LogP contribution is -2.36. The fourth-order valence-corrected chi connectivity index (χ4v) is 4.87. The van der Waals surface area contributed by atoms with Gasteiger partial charge in [-0.1, -0.05) is 47.8 Å². The summed E-state index contributed by atoms with van der Waals surface area (Å²) in [6, 6.07) is 9.56. The van der Waals surface area contributed by atoms with Crippen molar-refractivity contribution in [1.29, 1.82) is 0 Å². The van der Waals surface area contributed by atoms with E-state index < -0.39 is 8.32 Å². The summed E-state index contributed by atoms with van der Waals surface area (Å²) >= 11 is 3.51. The van der Waals surface area contributed by atoms with Gasteiger partial charge in [-0.2, -0.15) is 0 Å². The number of benzene rings is 1. The maximum absolute atomic E-state index is 9.26. The van der Waals surface area contributed by atoms with Gasteiger partial charge in [0, 0.05) is 30.7 Å². The fraction of sp³-hybridized carbons (Fsp3) is 0.647. The van der Waals surface area contributed by atoms with Crippen LogP contribution in [0.5, 0.6) is 0 Å². The first-order valence-electron chi connectivity index (χ1n) is 8.18. The second-order valence-corrected chi connectivity index (χ2v) is 11.6. The Bertz CT molecular complexity index is 429. The molecule has 0 atom stereocenters. The second-order valence-electron chi connectivity index (χ2n) is 6.34. The number of aliphatic hydroxyl groups excluding tert-OH is 1. The number of hydrogen-bond donors (Lipinski definition) is 1. The fourth-order valence-electron chi connectivity index (χ4n) is 2.43. The Kier molecular flexibility index (Phi) is 9.51. The smallest absolute Gasteiger partial charge is 0.186 e. The predicted molar refractivity (Wildman–Crippen MR) is 99.7 cm³/mol. The normalized spacial score (nSPS) is 12.1. The second kappa shape index (κ2) is 10.5. The van der Waals surface area contributed by atoms with Crippen molar-refractivity contribution in [1.82, 2.24) is 4.90 Å². The van der Waals surface area contributed by atoms with E-state index in [0.29, 0.717) is 6.54 Å². The monoisotopic (exact) mass is 387 g/mol. The van der Waals surface area contributed by atoms with Crippen molar-refractivity contribution >= 4 is 24.2 Å². The number of hydrogen-bond acceptors (Lipinski definition) is 3. The van der Waals surface area contributed by atoms with Gasteiger partial charge in [0.15, 0.2) is 8.32 Å². The maximum atomic E-state index is 9.26. The van der Waals surface area contributed by atoms with Gasteiger partial charge in [-0.05, 0) is 36.8 Å². The van der Waals surface area contributed by atoms with Gasteiger partial charge >= 0.3 is 0 Å². The van der Waals surface area contributed by atoms with Crippen LogP contribution in [0, 0.1) is 0 Å². The minimum absolute atomic E-state index is 0.185. The van der Waals surface area contributed by atoms with Gasteiger partial charge in [-0.3, -0.25) is 4.90 Å². The first-order chi connectivity index (χ1) is 10.5. The zero-order chi connectivity index (χ0) is 16.4. The van der Waals surface area contributed by atoms with Crippen LogP contribution >= 0.6 is 15.9 Å². The third-order valence-electron chi connectivity index (χ3n) is 3.74. The molecule has 5 heteroatoms. The highest BCUT2D eigenvalue weighted by atomic mass is 79.9. The van der Waals surface area contributed by atoms with Gasteiger partial charge in [-0.15, -0.1) is 0 Å². The molecule has 126 valence electrons. The predicted octanol–water partition coefficient (Wildman–Crippen LogP) is 4.27. The third-order valence-corrected chi connectivity index (χ3v) is 6.78. The lowest BCUT2D eigenvalue weighted by atomic mass is 10.2. The van der Waals surface area contributed by atoms with E-state index in [1.54, 1.807) is 0 Å². The molecule has 0 aliphatic rings. The largest absolute Gasteiger partial charge is 0.416 e. The molecular formula is C17H30BrNO2Si. The van der Waals surface area contributed by atoms with Crippen LogP contribution in [0.25, 0.3) is 0 Å². The molecule has 0 amide bonds. The van der Waals surface area contributed by atoms with Crippen molar-refractivity contribution < 1.29 is 9.53 Å². The van der Waals surface area contributed by atoms with E-state index in [4.69, 9.17) is 4.43 Å². The van der Waals surface area contributed by atoms with Crippen molar-refractivity contribution in [3.63, 3.8) is 0 Å². The first kappa shape index (κ1) is 19.8. The van der Waals surface area contributed by atoms with Crippen molar-refractivity contribution in [2.24, 2.45) is 0 Å². The summed E-state index contributed by atoms with van der Waals surface area (Å²) in [7, 11) is -1.51. The molecule has 0 aliphatic heterocycles. The number of nitrogens with zero attached hydrogens (tertiary/aromatic N) is 1. The van der Waals surface area contributed by atoms with Crippen molar-refractivity contribution in [3.8, 4) is 0 Å². The average molecular weight is 388 g/mol. The summed E-state index contributed by atoms with van der Waals surface area (Å²) < 4.78 is 7.27. The third kappa shape index (κ3) is 8.43. The molecule has 0 unspecified atom stereocenters. The molecule has 0 aromatic heterocycles. The molecule has 1 rings (SSSR count). The number of unbranched alkanes of at least 4 members (excludes halogenated alkanes) is 1. The highest BCUT2D eigenvalue weighted by Crippen LogP contribution is 2.16. The van der Waals surface area contributed by atoms with Gasteiger partial charge in [0.25, 0.3) is 0 Å². The highest BCUT2D eigenvalue weighted by Gasteiger charge is 2.21. The van der Waals surface area contributed by atoms with Crippen LogP contribution in [0.2, 0.25) is 19.1 Å². The minimum atomic E-state index is -1.51. The van der Waals surface area contributed by atoms with E-state index in [2.05, 4.69) is 53.0 Å². The molecule has 0 fully saturated rings. The van der Waals surface area contributed by atoms with Crippen LogP contribution in [0.15, 0.2) is 28.7 Å². The zero-order valence-electron chi connectivity index (χ0n) is 14.1. The zero-order valence-corrected chi connectivity index (χ0v) is 16.7. The molecule has 1 aromatic rings. The average Bonchev–Trinajstić information content (AvgIpc) is 2.45. The molecule has 0 spiro atoms. The molecule has 22 heavy (non-hydrogen) atoms. The van der Waals surface area contributed by atoms with Crippen LogP contribution in [-0.4, -0.2) is 44.6 Å². The number of halogens is 1. The van der Waals surface area contributed by atoms with E-state index in [1.165, 1.54) is 24.4 Å². The molecule has 1 N–H and O–H groups in total. The number of aliphatic hydroxyl groups is 1. The van der Waals surface area contributed by atoms with E-state index >= 15 is 0 Å². The number of rotatable bonds is 11. The summed E-state index contributed by atoms with van der Waals surface area (Å²) in [5.41, 5.74) is 1.25. The quantitative estimate of drug-likeness (QED) is 0.575. The molecule has 0 bridgehead atoms. The topological polar surface area (TPSA) is 32.7 Å². The van der Waals surface area contributed by atoms with Crippen LogP contribution in [0.4, 0.5) is 0 Å². The van der Waals surface area contributed by atoms with Crippen LogP contribution in [0.3, 0.4) is 0 Å². The van der Waals surface area contributed by atoms with Crippen molar-refractivity contribution in [3.05, 3.63) is 34.3 Å². The van der Waals surface area contributed by atoms with E-state index in [-0.39, 0.29) is 6.61 Å². The highest BCUT2D eigenvalue weighted by molar-refractivity contribution is 9.10. The van der Waals surface area contributed by atoms with E-state index in [9.17, 15) is 5.11 Å². The summed E-state index contributed by atoms with van der Waals surface area (Å²) in [6.45, 7) is 10.2. The first-order valence-corrected chi connectivity index (χ1v) is 12.1. The Labute approximate surface area is 144 Å². The van der Waals surface area contributed by atoms with Crippen molar-refractivity contribution in [2.45, 2.75) is 45.4 Å².